The summed E-state index contributed by atoms with van der Waals surface area (Å²) in [7, 11) is 1.41. The van der Waals surface area contributed by atoms with E-state index >= 15 is 0 Å². The third-order valence-electron chi connectivity index (χ3n) is 2.84. The summed E-state index contributed by atoms with van der Waals surface area (Å²) in [5.74, 6) is -0.191. The Morgan fingerprint density at radius 3 is 2.88 bits per heavy atom. The van der Waals surface area contributed by atoms with E-state index in [0.717, 1.165) is 12.0 Å². The largest absolute Gasteiger partial charge is 0.472 e. The molecule has 1 rings (SSSR count). The fraction of sp³-hybridized carbons (Fsp3) is 0.583. The van der Waals surface area contributed by atoms with Crippen LogP contribution < -0.4 is 5.32 Å². The van der Waals surface area contributed by atoms with Gasteiger partial charge >= 0.3 is 5.97 Å². The van der Waals surface area contributed by atoms with Gasteiger partial charge in [-0.1, -0.05) is 6.92 Å². The number of carbonyl (C=O) groups is 1. The fourth-order valence-electron chi connectivity index (χ4n) is 1.41. The van der Waals surface area contributed by atoms with Crippen molar-refractivity contribution in [1.29, 1.82) is 0 Å². The monoisotopic (exact) mass is 225 g/mol. The number of furan rings is 1. The van der Waals surface area contributed by atoms with Gasteiger partial charge in [0, 0.05) is 17.6 Å². The maximum absolute atomic E-state index is 11.3. The molecule has 0 aliphatic carbocycles. The average molecular weight is 225 g/mol. The van der Waals surface area contributed by atoms with E-state index in [-0.39, 0.29) is 11.5 Å². The molecule has 4 heteroatoms. The van der Waals surface area contributed by atoms with Gasteiger partial charge in [0.05, 0.1) is 26.1 Å². The van der Waals surface area contributed by atoms with Gasteiger partial charge in [-0.05, 0) is 19.4 Å². The molecule has 0 saturated heterocycles. The van der Waals surface area contributed by atoms with Crippen molar-refractivity contribution in [1.82, 2.24) is 5.32 Å². The summed E-state index contributed by atoms with van der Waals surface area (Å²) < 4.78 is 9.67. The molecule has 1 N–H and O–H groups in total. The first-order valence-electron chi connectivity index (χ1n) is 5.42. The lowest BCUT2D eigenvalue weighted by atomic mass is 9.94. The van der Waals surface area contributed by atoms with Crippen LogP contribution in [0.15, 0.2) is 23.0 Å². The van der Waals surface area contributed by atoms with Crippen LogP contribution >= 0.6 is 0 Å². The Morgan fingerprint density at radius 1 is 1.62 bits per heavy atom. The van der Waals surface area contributed by atoms with Crippen molar-refractivity contribution < 1.29 is 13.9 Å². The predicted octanol–water partition coefficient (Wildman–Crippen LogP) is 2.10. The van der Waals surface area contributed by atoms with Gasteiger partial charge in [0.15, 0.2) is 0 Å². The molecule has 1 heterocycles. The normalized spacial score (nSPS) is 14.4. The molecule has 0 spiro atoms. The maximum Gasteiger partial charge on any atom is 0.307 e. The van der Waals surface area contributed by atoms with Crippen molar-refractivity contribution in [2.75, 3.05) is 7.11 Å². The number of nitrogens with one attached hydrogen (secondary N) is 1. The van der Waals surface area contributed by atoms with Gasteiger partial charge in [0.2, 0.25) is 0 Å². The lowest BCUT2D eigenvalue weighted by molar-refractivity contribution is -0.142. The van der Waals surface area contributed by atoms with Crippen molar-refractivity contribution in [2.45, 2.75) is 38.8 Å². The smallest absolute Gasteiger partial charge is 0.307 e. The van der Waals surface area contributed by atoms with Crippen LogP contribution in [0.4, 0.5) is 0 Å². The van der Waals surface area contributed by atoms with Crippen LogP contribution in [0.1, 0.15) is 32.3 Å². The van der Waals surface area contributed by atoms with Gasteiger partial charge in [0.1, 0.15) is 0 Å². The first-order valence-corrected chi connectivity index (χ1v) is 5.42. The number of ether oxygens (including phenoxy) is 1. The zero-order valence-electron chi connectivity index (χ0n) is 10.1. The summed E-state index contributed by atoms with van der Waals surface area (Å²) in [5.41, 5.74) is 0.842. The van der Waals surface area contributed by atoms with E-state index in [2.05, 4.69) is 10.1 Å². The molecule has 0 radical (unpaired) electrons. The molecular weight excluding hydrogens is 206 g/mol. The summed E-state index contributed by atoms with van der Waals surface area (Å²) in [6.45, 7) is 4.76. The Morgan fingerprint density at radius 2 is 2.38 bits per heavy atom. The minimum Gasteiger partial charge on any atom is -0.472 e. The first kappa shape index (κ1) is 12.8. The van der Waals surface area contributed by atoms with Gasteiger partial charge in [0.25, 0.3) is 0 Å². The molecule has 0 aromatic carbocycles. The molecule has 1 atom stereocenters. The summed E-state index contributed by atoms with van der Waals surface area (Å²) in [5, 5.41) is 3.35. The number of esters is 1. The highest BCUT2D eigenvalue weighted by Gasteiger charge is 2.25. The Balaban J connectivity index is 2.49. The van der Waals surface area contributed by atoms with Crippen LogP contribution in [-0.2, 0) is 16.1 Å². The van der Waals surface area contributed by atoms with E-state index in [1.165, 1.54) is 7.11 Å². The minimum atomic E-state index is -0.232. The van der Waals surface area contributed by atoms with Crippen LogP contribution in [0.5, 0.6) is 0 Å². The summed E-state index contributed by atoms with van der Waals surface area (Å²) in [6, 6.07) is 1.90. The van der Waals surface area contributed by atoms with E-state index in [1.54, 1.807) is 12.5 Å². The lowest BCUT2D eigenvalue weighted by Crippen LogP contribution is -2.43. The molecule has 0 saturated carbocycles. The second-order valence-corrected chi connectivity index (χ2v) is 4.15. The molecule has 0 bridgehead atoms. The predicted molar refractivity (Wildman–Crippen MR) is 60.9 cm³/mol. The molecule has 0 aliphatic heterocycles. The molecule has 1 unspecified atom stereocenters. The van der Waals surface area contributed by atoms with E-state index in [9.17, 15) is 4.79 Å². The van der Waals surface area contributed by atoms with Crippen LogP contribution in [0.25, 0.3) is 0 Å². The Bertz CT molecular complexity index is 321. The van der Waals surface area contributed by atoms with Crippen molar-refractivity contribution in [3.8, 4) is 0 Å². The molecule has 1 aromatic rings. The number of carbonyl (C=O) groups excluding carboxylic acids is 1. The average Bonchev–Trinajstić information content (AvgIpc) is 2.79. The summed E-state index contributed by atoms with van der Waals surface area (Å²) in [6.07, 6.45) is 4.57. The van der Waals surface area contributed by atoms with E-state index < -0.39 is 0 Å². The zero-order valence-corrected chi connectivity index (χ0v) is 10.1. The van der Waals surface area contributed by atoms with Crippen LogP contribution in [0.2, 0.25) is 0 Å². The summed E-state index contributed by atoms with van der Waals surface area (Å²) >= 11 is 0. The van der Waals surface area contributed by atoms with Gasteiger partial charge in [-0.15, -0.1) is 0 Å². The second kappa shape index (κ2) is 5.70. The van der Waals surface area contributed by atoms with Crippen LogP contribution in [0, 0.1) is 0 Å². The first-order chi connectivity index (χ1) is 7.59. The number of hydrogen-bond donors (Lipinski definition) is 1. The SMILES string of the molecule is CCC(C)(CC(=O)OC)NCc1ccoc1. The van der Waals surface area contributed by atoms with Gasteiger partial charge in [-0.2, -0.15) is 0 Å². The quantitative estimate of drug-likeness (QED) is 0.753. The number of methoxy groups -OCH3 is 1. The third-order valence-corrected chi connectivity index (χ3v) is 2.84. The highest BCUT2D eigenvalue weighted by atomic mass is 16.5. The molecule has 0 fully saturated rings. The van der Waals surface area contributed by atoms with E-state index in [0.29, 0.717) is 13.0 Å². The summed E-state index contributed by atoms with van der Waals surface area (Å²) in [4.78, 5) is 11.3. The molecule has 16 heavy (non-hydrogen) atoms. The minimum absolute atomic E-state index is 0.191. The molecular formula is C12H19NO3. The Hall–Kier alpha value is -1.29. The van der Waals surface area contributed by atoms with Crippen LogP contribution in [-0.4, -0.2) is 18.6 Å². The lowest BCUT2D eigenvalue weighted by Gasteiger charge is -2.28. The molecule has 0 amide bonds. The van der Waals surface area contributed by atoms with Crippen LogP contribution in [0.3, 0.4) is 0 Å². The van der Waals surface area contributed by atoms with Gasteiger partial charge in [-0.25, -0.2) is 0 Å². The second-order valence-electron chi connectivity index (χ2n) is 4.15. The van der Waals surface area contributed by atoms with Gasteiger partial charge < -0.3 is 14.5 Å². The molecule has 4 nitrogen and oxygen atoms in total. The van der Waals surface area contributed by atoms with E-state index in [1.807, 2.05) is 19.9 Å². The standard InChI is InChI=1S/C12H19NO3/c1-4-12(2,7-11(14)15-3)13-8-10-5-6-16-9-10/h5-6,9,13H,4,7-8H2,1-3H3. The number of rotatable bonds is 6. The Kier molecular flexibility index (Phi) is 4.55. The fourth-order valence-corrected chi connectivity index (χ4v) is 1.41. The van der Waals surface area contributed by atoms with Gasteiger partial charge in [-0.3, -0.25) is 4.79 Å². The Labute approximate surface area is 96.0 Å². The molecule has 1 aromatic heterocycles. The van der Waals surface area contributed by atoms with Crippen molar-refractivity contribution in [2.24, 2.45) is 0 Å². The van der Waals surface area contributed by atoms with Crippen molar-refractivity contribution >= 4 is 5.97 Å². The van der Waals surface area contributed by atoms with Crippen molar-refractivity contribution in [3.05, 3.63) is 24.2 Å². The molecule has 0 aliphatic rings. The topological polar surface area (TPSA) is 51.5 Å². The highest BCUT2D eigenvalue weighted by Crippen LogP contribution is 2.16. The highest BCUT2D eigenvalue weighted by molar-refractivity contribution is 5.70. The maximum atomic E-state index is 11.3. The van der Waals surface area contributed by atoms with Crippen molar-refractivity contribution in [3.63, 3.8) is 0 Å². The number of hydrogen-bond acceptors (Lipinski definition) is 4. The zero-order chi connectivity index (χ0) is 12.0. The third kappa shape index (κ3) is 3.70. The molecule has 90 valence electrons. The van der Waals surface area contributed by atoms with E-state index in [4.69, 9.17) is 4.42 Å².